The van der Waals surface area contributed by atoms with Gasteiger partial charge in [-0.25, -0.2) is 4.79 Å². The molecule has 1 N–H and O–H groups in total. The summed E-state index contributed by atoms with van der Waals surface area (Å²) in [6.45, 7) is 0. The number of fused-ring (bicyclic) bond motifs is 2. The Balaban J connectivity index is 1.73. The molecule has 0 atom stereocenters. The lowest BCUT2D eigenvalue weighted by molar-refractivity contribution is 0.473. The minimum Gasteiger partial charge on any atom is -0.508 e. The van der Waals surface area contributed by atoms with Crippen molar-refractivity contribution in [3.63, 3.8) is 0 Å². The van der Waals surface area contributed by atoms with Crippen molar-refractivity contribution in [2.75, 3.05) is 0 Å². The summed E-state index contributed by atoms with van der Waals surface area (Å²) in [5.41, 5.74) is 1.13. The minimum absolute atomic E-state index is 0.0354. The van der Waals surface area contributed by atoms with E-state index in [1.807, 2.05) is 0 Å². The second-order valence-electron chi connectivity index (χ2n) is 5.24. The molecule has 0 bridgehead atoms. The molecular formula is C16H9Cl2N3O3S. The molecule has 0 unspecified atom stereocenters. The first-order chi connectivity index (χ1) is 12.0. The zero-order valence-corrected chi connectivity index (χ0v) is 14.8. The van der Waals surface area contributed by atoms with E-state index in [9.17, 15) is 9.90 Å². The third-order valence-electron chi connectivity index (χ3n) is 3.57. The van der Waals surface area contributed by atoms with Gasteiger partial charge in [0.05, 0.1) is 10.0 Å². The van der Waals surface area contributed by atoms with Gasteiger partial charge in [0.2, 0.25) is 0 Å². The Labute approximate surface area is 155 Å². The van der Waals surface area contributed by atoms with Crippen LogP contribution in [-0.4, -0.2) is 19.7 Å². The van der Waals surface area contributed by atoms with Gasteiger partial charge in [0.15, 0.2) is 10.8 Å². The average Bonchev–Trinajstić information content (AvgIpc) is 2.95. The number of hydrogen-bond donors (Lipinski definition) is 1. The van der Waals surface area contributed by atoms with Crippen molar-refractivity contribution in [3.05, 3.63) is 62.6 Å². The fourth-order valence-electron chi connectivity index (χ4n) is 2.48. The maximum Gasteiger partial charge on any atom is 0.336 e. The van der Waals surface area contributed by atoms with Gasteiger partial charge >= 0.3 is 5.63 Å². The molecule has 4 aromatic rings. The second kappa shape index (κ2) is 6.25. The Bertz CT molecular complexity index is 1170. The molecule has 0 saturated carbocycles. The van der Waals surface area contributed by atoms with Crippen LogP contribution in [0.2, 0.25) is 10.0 Å². The Morgan fingerprint density at radius 1 is 1.20 bits per heavy atom. The SMILES string of the molecule is O=c1cc(CSc2nnc3c(Cl)cc(Cl)cn23)c2ccc(O)cc2o1. The van der Waals surface area contributed by atoms with E-state index in [0.29, 0.717) is 32.2 Å². The number of aromatic hydroxyl groups is 1. The van der Waals surface area contributed by atoms with Crippen LogP contribution in [-0.2, 0) is 5.75 Å². The highest BCUT2D eigenvalue weighted by atomic mass is 35.5. The molecule has 0 spiro atoms. The largest absolute Gasteiger partial charge is 0.508 e. The minimum atomic E-state index is -0.481. The number of halogens is 2. The Morgan fingerprint density at radius 2 is 2.04 bits per heavy atom. The van der Waals surface area contributed by atoms with Gasteiger partial charge in [-0.2, -0.15) is 0 Å². The molecule has 0 aliphatic carbocycles. The first kappa shape index (κ1) is 16.3. The summed E-state index contributed by atoms with van der Waals surface area (Å²) in [7, 11) is 0. The Kier molecular flexibility index (Phi) is 4.07. The zero-order valence-electron chi connectivity index (χ0n) is 12.4. The van der Waals surface area contributed by atoms with E-state index >= 15 is 0 Å². The smallest absolute Gasteiger partial charge is 0.336 e. The van der Waals surface area contributed by atoms with E-state index in [1.54, 1.807) is 28.8 Å². The molecule has 0 saturated heterocycles. The predicted molar refractivity (Wildman–Crippen MR) is 96.7 cm³/mol. The van der Waals surface area contributed by atoms with Crippen LogP contribution in [0, 0.1) is 0 Å². The molecule has 0 fully saturated rings. The number of benzene rings is 1. The quantitative estimate of drug-likeness (QED) is 0.416. The molecule has 3 heterocycles. The lowest BCUT2D eigenvalue weighted by Gasteiger charge is -2.05. The van der Waals surface area contributed by atoms with Crippen molar-refractivity contribution >= 4 is 51.6 Å². The number of hydrogen-bond acceptors (Lipinski definition) is 6. The van der Waals surface area contributed by atoms with Crippen LogP contribution in [0.3, 0.4) is 0 Å². The number of phenols is 1. The van der Waals surface area contributed by atoms with Gasteiger partial charge in [0.1, 0.15) is 11.3 Å². The van der Waals surface area contributed by atoms with Crippen LogP contribution in [0.4, 0.5) is 0 Å². The Morgan fingerprint density at radius 3 is 2.88 bits per heavy atom. The number of aromatic nitrogens is 3. The molecule has 1 aromatic carbocycles. The molecular weight excluding hydrogens is 385 g/mol. The normalized spacial score (nSPS) is 11.4. The van der Waals surface area contributed by atoms with E-state index in [-0.39, 0.29) is 5.75 Å². The summed E-state index contributed by atoms with van der Waals surface area (Å²) in [5.74, 6) is 0.492. The van der Waals surface area contributed by atoms with Crippen molar-refractivity contribution in [2.24, 2.45) is 0 Å². The lowest BCUT2D eigenvalue weighted by Crippen LogP contribution is -2.00. The van der Waals surface area contributed by atoms with Crippen molar-refractivity contribution in [2.45, 2.75) is 10.9 Å². The number of pyridine rings is 1. The summed E-state index contributed by atoms with van der Waals surface area (Å²) in [5, 5.41) is 19.9. The third kappa shape index (κ3) is 3.06. The van der Waals surface area contributed by atoms with E-state index in [2.05, 4.69) is 10.2 Å². The van der Waals surface area contributed by atoms with Gasteiger partial charge in [-0.1, -0.05) is 35.0 Å². The van der Waals surface area contributed by atoms with Crippen LogP contribution in [0.25, 0.3) is 16.6 Å². The van der Waals surface area contributed by atoms with Gasteiger partial charge in [0, 0.05) is 29.5 Å². The monoisotopic (exact) mass is 393 g/mol. The fourth-order valence-corrected chi connectivity index (χ4v) is 3.89. The van der Waals surface area contributed by atoms with Gasteiger partial charge in [-0.3, -0.25) is 4.40 Å². The maximum atomic E-state index is 11.8. The number of thioether (sulfide) groups is 1. The van der Waals surface area contributed by atoms with Gasteiger partial charge in [-0.05, 0) is 23.8 Å². The summed E-state index contributed by atoms with van der Waals surface area (Å²) >= 11 is 13.5. The number of phenolic OH excluding ortho intramolecular Hbond substituents is 1. The number of nitrogens with zero attached hydrogens (tertiary/aromatic N) is 3. The van der Waals surface area contributed by atoms with Crippen molar-refractivity contribution < 1.29 is 9.52 Å². The molecule has 126 valence electrons. The van der Waals surface area contributed by atoms with Crippen LogP contribution in [0.1, 0.15) is 5.56 Å². The van der Waals surface area contributed by atoms with E-state index < -0.39 is 5.63 Å². The molecule has 25 heavy (non-hydrogen) atoms. The highest BCUT2D eigenvalue weighted by Gasteiger charge is 2.12. The molecule has 6 nitrogen and oxygen atoms in total. The molecule has 9 heteroatoms. The molecule has 0 amide bonds. The fraction of sp³-hybridized carbons (Fsp3) is 0.0625. The zero-order chi connectivity index (χ0) is 17.6. The maximum absolute atomic E-state index is 11.8. The summed E-state index contributed by atoms with van der Waals surface area (Å²) in [6.07, 6.45) is 1.68. The highest BCUT2D eigenvalue weighted by molar-refractivity contribution is 7.98. The van der Waals surface area contributed by atoms with Gasteiger partial charge in [0.25, 0.3) is 0 Å². The molecule has 0 radical (unpaired) electrons. The van der Waals surface area contributed by atoms with Crippen molar-refractivity contribution in [3.8, 4) is 5.75 Å². The Hall–Kier alpha value is -2.22. The van der Waals surface area contributed by atoms with Crippen LogP contribution in [0.15, 0.2) is 50.9 Å². The van der Waals surface area contributed by atoms with Gasteiger partial charge in [-0.15, -0.1) is 10.2 Å². The molecule has 3 aromatic heterocycles. The highest BCUT2D eigenvalue weighted by Crippen LogP contribution is 2.29. The molecule has 0 aliphatic heterocycles. The van der Waals surface area contributed by atoms with Crippen LogP contribution in [0.5, 0.6) is 5.75 Å². The van der Waals surface area contributed by atoms with E-state index in [0.717, 1.165) is 10.9 Å². The van der Waals surface area contributed by atoms with E-state index in [4.69, 9.17) is 27.6 Å². The first-order valence-electron chi connectivity index (χ1n) is 7.09. The average molecular weight is 394 g/mol. The van der Waals surface area contributed by atoms with Crippen molar-refractivity contribution in [1.29, 1.82) is 0 Å². The topological polar surface area (TPSA) is 80.6 Å². The first-order valence-corrected chi connectivity index (χ1v) is 8.84. The predicted octanol–water partition coefficient (Wildman–Crippen LogP) is 4.14. The van der Waals surface area contributed by atoms with E-state index in [1.165, 1.54) is 23.9 Å². The van der Waals surface area contributed by atoms with Gasteiger partial charge < -0.3 is 9.52 Å². The summed E-state index contributed by atoms with van der Waals surface area (Å²) in [6, 6.07) is 7.69. The van der Waals surface area contributed by atoms with Crippen LogP contribution >= 0.6 is 35.0 Å². The lowest BCUT2D eigenvalue weighted by atomic mass is 10.1. The van der Waals surface area contributed by atoms with Crippen molar-refractivity contribution in [1.82, 2.24) is 14.6 Å². The standard InChI is InChI=1S/C16H9Cl2N3O3S/c17-9-4-12(18)15-19-20-16(21(15)6-9)25-7-8-3-14(23)24-13-5-10(22)1-2-11(8)13/h1-6,22H,7H2. The second-order valence-corrected chi connectivity index (χ2v) is 7.03. The molecule has 4 rings (SSSR count). The molecule has 0 aliphatic rings. The number of rotatable bonds is 3. The summed E-state index contributed by atoms with van der Waals surface area (Å²) in [4.78, 5) is 11.8. The third-order valence-corrected chi connectivity index (χ3v) is 5.04. The van der Waals surface area contributed by atoms with Crippen LogP contribution < -0.4 is 5.63 Å². The summed E-state index contributed by atoms with van der Waals surface area (Å²) < 4.78 is 6.83.